The minimum atomic E-state index is 0.139. The van der Waals surface area contributed by atoms with E-state index in [2.05, 4.69) is 22.9 Å². The first-order valence-corrected chi connectivity index (χ1v) is 6.84. The average Bonchev–Trinajstić information content (AvgIpc) is 2.99. The lowest BCUT2D eigenvalue weighted by molar-refractivity contribution is 0.101. The lowest BCUT2D eigenvalue weighted by Crippen LogP contribution is -2.05. The predicted molar refractivity (Wildman–Crippen MR) is 73.9 cm³/mol. The van der Waals surface area contributed by atoms with Crippen LogP contribution in [-0.2, 0) is 6.54 Å². The summed E-state index contributed by atoms with van der Waals surface area (Å²) in [6.07, 6.45) is 7.67. The molecule has 2 nitrogen and oxygen atoms in total. The number of carbonyl (C=O) groups excluding carboxylic acids is 1. The van der Waals surface area contributed by atoms with E-state index in [0.29, 0.717) is 0 Å². The normalized spacial score (nSPS) is 16.5. The summed E-state index contributed by atoms with van der Waals surface area (Å²) in [5.74, 6) is 0.980. The molecule has 1 aliphatic carbocycles. The monoisotopic (exact) mass is 241 g/mol. The zero-order valence-electron chi connectivity index (χ0n) is 10.9. The van der Waals surface area contributed by atoms with Crippen molar-refractivity contribution in [2.45, 2.75) is 39.2 Å². The maximum Gasteiger partial charge on any atom is 0.159 e. The Hall–Kier alpha value is -1.57. The van der Waals surface area contributed by atoms with Crippen molar-refractivity contribution in [1.82, 2.24) is 4.57 Å². The van der Waals surface area contributed by atoms with Gasteiger partial charge in [-0.2, -0.15) is 0 Å². The minimum absolute atomic E-state index is 0.139. The van der Waals surface area contributed by atoms with Gasteiger partial charge in [0.15, 0.2) is 5.78 Å². The van der Waals surface area contributed by atoms with Crippen LogP contribution in [0.2, 0.25) is 0 Å². The van der Waals surface area contributed by atoms with Gasteiger partial charge in [-0.05, 0) is 49.9 Å². The molecule has 0 radical (unpaired) electrons. The molecule has 0 N–H and O–H groups in total. The molecule has 2 heteroatoms. The second kappa shape index (κ2) is 4.60. The van der Waals surface area contributed by atoms with Gasteiger partial charge >= 0.3 is 0 Å². The van der Waals surface area contributed by atoms with E-state index in [4.69, 9.17) is 0 Å². The fourth-order valence-corrected chi connectivity index (χ4v) is 3.05. The van der Waals surface area contributed by atoms with Crippen LogP contribution in [0, 0.1) is 5.92 Å². The van der Waals surface area contributed by atoms with E-state index in [1.165, 1.54) is 36.6 Å². The molecule has 0 atom stereocenters. The van der Waals surface area contributed by atoms with Crippen molar-refractivity contribution in [2.24, 2.45) is 5.92 Å². The van der Waals surface area contributed by atoms with Gasteiger partial charge in [-0.3, -0.25) is 4.79 Å². The van der Waals surface area contributed by atoms with Crippen molar-refractivity contribution >= 4 is 16.7 Å². The number of hydrogen-bond donors (Lipinski definition) is 0. The summed E-state index contributed by atoms with van der Waals surface area (Å²) in [6, 6.07) is 8.15. The molecule has 1 fully saturated rings. The van der Waals surface area contributed by atoms with Gasteiger partial charge in [-0.25, -0.2) is 0 Å². The number of carbonyl (C=O) groups is 1. The molecule has 94 valence electrons. The fraction of sp³-hybridized carbons (Fsp3) is 0.438. The Morgan fingerprint density at radius 2 is 2.06 bits per heavy atom. The first-order chi connectivity index (χ1) is 8.74. The molecule has 1 saturated carbocycles. The average molecular weight is 241 g/mol. The van der Waals surface area contributed by atoms with Crippen LogP contribution in [-0.4, -0.2) is 10.4 Å². The van der Waals surface area contributed by atoms with Crippen LogP contribution >= 0.6 is 0 Å². The molecule has 18 heavy (non-hydrogen) atoms. The van der Waals surface area contributed by atoms with Gasteiger partial charge in [-0.1, -0.05) is 12.8 Å². The summed E-state index contributed by atoms with van der Waals surface area (Å²) in [5.41, 5.74) is 2.06. The highest BCUT2D eigenvalue weighted by molar-refractivity contribution is 5.98. The Kier molecular flexibility index (Phi) is 2.94. The number of Topliss-reactive ketones (excluding diaryl/α,β-unsaturated/α-hetero) is 1. The van der Waals surface area contributed by atoms with Gasteiger partial charge in [0.25, 0.3) is 0 Å². The molecule has 1 aliphatic rings. The Balaban J connectivity index is 1.91. The zero-order valence-corrected chi connectivity index (χ0v) is 10.9. The topological polar surface area (TPSA) is 22.0 Å². The van der Waals surface area contributed by atoms with Crippen LogP contribution < -0.4 is 0 Å². The van der Waals surface area contributed by atoms with Crippen molar-refractivity contribution in [1.29, 1.82) is 0 Å². The number of nitrogens with zero attached hydrogens (tertiary/aromatic N) is 1. The van der Waals surface area contributed by atoms with Gasteiger partial charge in [0.1, 0.15) is 0 Å². The van der Waals surface area contributed by atoms with E-state index in [0.717, 1.165) is 18.0 Å². The summed E-state index contributed by atoms with van der Waals surface area (Å²) in [4.78, 5) is 11.4. The molecule has 0 saturated heterocycles. The molecule has 0 bridgehead atoms. The first kappa shape index (κ1) is 11.5. The third-order valence-electron chi connectivity index (χ3n) is 4.11. The predicted octanol–water partition coefficient (Wildman–Crippen LogP) is 4.03. The summed E-state index contributed by atoms with van der Waals surface area (Å²) in [7, 11) is 0. The number of fused-ring (bicyclic) bond motifs is 1. The number of ketones is 1. The molecular weight excluding hydrogens is 222 g/mol. The Bertz CT molecular complexity index is 576. The SMILES string of the molecule is CC(=O)c1ccc2c(ccn2CC2CCCC2)c1. The van der Waals surface area contributed by atoms with Gasteiger partial charge < -0.3 is 4.57 Å². The van der Waals surface area contributed by atoms with E-state index >= 15 is 0 Å². The van der Waals surface area contributed by atoms with E-state index in [-0.39, 0.29) is 5.78 Å². The number of rotatable bonds is 3. The second-order valence-electron chi connectivity index (χ2n) is 5.45. The lowest BCUT2D eigenvalue weighted by Gasteiger charge is -2.11. The highest BCUT2D eigenvalue weighted by atomic mass is 16.1. The molecule has 1 heterocycles. The Labute approximate surface area is 108 Å². The van der Waals surface area contributed by atoms with E-state index < -0.39 is 0 Å². The number of benzene rings is 1. The maximum absolute atomic E-state index is 11.4. The summed E-state index contributed by atoms with van der Waals surface area (Å²) < 4.78 is 2.34. The first-order valence-electron chi connectivity index (χ1n) is 6.84. The summed E-state index contributed by atoms with van der Waals surface area (Å²) >= 11 is 0. The van der Waals surface area contributed by atoms with Gasteiger partial charge in [0.05, 0.1) is 0 Å². The molecule has 1 aromatic carbocycles. The molecule has 2 aromatic rings. The van der Waals surface area contributed by atoms with Crippen molar-refractivity contribution in [3.63, 3.8) is 0 Å². The molecule has 0 aliphatic heterocycles. The third kappa shape index (κ3) is 2.07. The molecule has 1 aromatic heterocycles. The van der Waals surface area contributed by atoms with Gasteiger partial charge in [0.2, 0.25) is 0 Å². The van der Waals surface area contributed by atoms with Crippen molar-refractivity contribution in [3.05, 3.63) is 36.0 Å². The van der Waals surface area contributed by atoms with E-state index in [9.17, 15) is 4.79 Å². The van der Waals surface area contributed by atoms with Gasteiger partial charge in [0, 0.05) is 29.2 Å². The van der Waals surface area contributed by atoms with Crippen molar-refractivity contribution < 1.29 is 4.79 Å². The summed E-state index contributed by atoms with van der Waals surface area (Å²) in [5, 5.41) is 1.18. The molecule has 0 unspecified atom stereocenters. The number of hydrogen-bond acceptors (Lipinski definition) is 1. The maximum atomic E-state index is 11.4. The fourth-order valence-electron chi connectivity index (χ4n) is 3.05. The second-order valence-corrected chi connectivity index (χ2v) is 5.45. The largest absolute Gasteiger partial charge is 0.347 e. The summed E-state index contributed by atoms with van der Waals surface area (Å²) in [6.45, 7) is 2.75. The smallest absolute Gasteiger partial charge is 0.159 e. The highest BCUT2D eigenvalue weighted by Gasteiger charge is 2.16. The van der Waals surface area contributed by atoms with Gasteiger partial charge in [-0.15, -0.1) is 0 Å². The lowest BCUT2D eigenvalue weighted by atomic mass is 10.1. The van der Waals surface area contributed by atoms with Crippen LogP contribution in [0.1, 0.15) is 43.0 Å². The van der Waals surface area contributed by atoms with Crippen LogP contribution in [0.4, 0.5) is 0 Å². The van der Waals surface area contributed by atoms with Crippen LogP contribution in [0.15, 0.2) is 30.5 Å². The van der Waals surface area contributed by atoms with E-state index in [1.807, 2.05) is 12.1 Å². The van der Waals surface area contributed by atoms with E-state index in [1.54, 1.807) is 6.92 Å². The minimum Gasteiger partial charge on any atom is -0.347 e. The molecule has 3 rings (SSSR count). The van der Waals surface area contributed by atoms with Crippen molar-refractivity contribution in [2.75, 3.05) is 0 Å². The van der Waals surface area contributed by atoms with Crippen LogP contribution in [0.5, 0.6) is 0 Å². The molecular formula is C16H19NO. The standard InChI is InChI=1S/C16H19NO/c1-12(18)14-6-7-16-15(10-14)8-9-17(16)11-13-4-2-3-5-13/h6-10,13H,2-5,11H2,1H3. The number of aromatic nitrogens is 1. The third-order valence-corrected chi connectivity index (χ3v) is 4.11. The van der Waals surface area contributed by atoms with Crippen LogP contribution in [0.3, 0.4) is 0 Å². The van der Waals surface area contributed by atoms with Crippen LogP contribution in [0.25, 0.3) is 10.9 Å². The molecule has 0 amide bonds. The highest BCUT2D eigenvalue weighted by Crippen LogP contribution is 2.28. The zero-order chi connectivity index (χ0) is 12.5. The quantitative estimate of drug-likeness (QED) is 0.743. The van der Waals surface area contributed by atoms with Crippen molar-refractivity contribution in [3.8, 4) is 0 Å². The Morgan fingerprint density at radius 3 is 2.78 bits per heavy atom. The molecule has 0 spiro atoms. The Morgan fingerprint density at radius 1 is 1.28 bits per heavy atom.